The molecule has 3 N–H and O–H groups in total. The van der Waals surface area contributed by atoms with E-state index in [2.05, 4.69) is 25.3 Å². The van der Waals surface area contributed by atoms with Crippen LogP contribution in [0, 0.1) is 5.41 Å². The molecule has 6 nitrogen and oxygen atoms in total. The standard InChI is InChI=1S/C12H17N5O/c18-6-12(3-1-2-4-12)5-13-10-9-11(15-7-14-9)17-8-16-10/h7-8,18H,1-6H2,(H2,13,14,15,16,17). The SMILES string of the molecule is OCC1(CNc2ncnc3nc[nH]c23)CCCC1. The number of nitrogens with zero attached hydrogens (tertiary/aromatic N) is 3. The van der Waals surface area contributed by atoms with Crippen molar-refractivity contribution < 1.29 is 5.11 Å². The normalized spacial score (nSPS) is 18.3. The van der Waals surface area contributed by atoms with Crippen LogP contribution < -0.4 is 5.32 Å². The predicted octanol–water partition coefficient (Wildman–Crippen LogP) is 1.32. The van der Waals surface area contributed by atoms with Gasteiger partial charge in [0.05, 0.1) is 12.9 Å². The first-order valence-corrected chi connectivity index (χ1v) is 6.32. The molecule has 0 spiro atoms. The van der Waals surface area contributed by atoms with Crippen LogP contribution in [0.4, 0.5) is 5.82 Å². The highest BCUT2D eigenvalue weighted by molar-refractivity contribution is 5.81. The van der Waals surface area contributed by atoms with Crippen LogP contribution in [-0.4, -0.2) is 38.2 Å². The lowest BCUT2D eigenvalue weighted by atomic mass is 9.87. The number of aliphatic hydroxyl groups is 1. The van der Waals surface area contributed by atoms with Gasteiger partial charge in [0.25, 0.3) is 0 Å². The molecule has 0 aromatic carbocycles. The van der Waals surface area contributed by atoms with Crippen LogP contribution in [0.15, 0.2) is 12.7 Å². The fraction of sp³-hybridized carbons (Fsp3) is 0.583. The zero-order valence-electron chi connectivity index (χ0n) is 10.2. The van der Waals surface area contributed by atoms with Crippen molar-refractivity contribution in [1.82, 2.24) is 19.9 Å². The highest BCUT2D eigenvalue weighted by Crippen LogP contribution is 2.37. The molecule has 0 unspecified atom stereocenters. The smallest absolute Gasteiger partial charge is 0.182 e. The summed E-state index contributed by atoms with van der Waals surface area (Å²) in [5, 5.41) is 12.9. The van der Waals surface area contributed by atoms with E-state index in [0.717, 1.165) is 30.7 Å². The molecule has 0 saturated heterocycles. The third kappa shape index (κ3) is 1.92. The second-order valence-electron chi connectivity index (χ2n) is 5.04. The maximum atomic E-state index is 9.57. The lowest BCUT2D eigenvalue weighted by Gasteiger charge is -2.26. The Hall–Kier alpha value is -1.69. The molecule has 2 aromatic rings. The molecule has 2 aromatic heterocycles. The van der Waals surface area contributed by atoms with Gasteiger partial charge in [-0.05, 0) is 12.8 Å². The van der Waals surface area contributed by atoms with E-state index in [1.807, 2.05) is 0 Å². The number of nitrogens with one attached hydrogen (secondary N) is 2. The minimum absolute atomic E-state index is 0.0112. The third-order valence-electron chi connectivity index (χ3n) is 3.85. The van der Waals surface area contributed by atoms with Gasteiger partial charge in [0, 0.05) is 12.0 Å². The van der Waals surface area contributed by atoms with Gasteiger partial charge < -0.3 is 15.4 Å². The Bertz CT molecular complexity index is 532. The quantitative estimate of drug-likeness (QED) is 0.758. The zero-order valence-corrected chi connectivity index (χ0v) is 10.2. The summed E-state index contributed by atoms with van der Waals surface area (Å²) in [5.74, 6) is 0.761. The molecule has 0 bridgehead atoms. The summed E-state index contributed by atoms with van der Waals surface area (Å²) in [7, 11) is 0. The van der Waals surface area contributed by atoms with Crippen molar-refractivity contribution in [3.8, 4) is 0 Å². The van der Waals surface area contributed by atoms with Crippen molar-refractivity contribution in [3.05, 3.63) is 12.7 Å². The summed E-state index contributed by atoms with van der Waals surface area (Å²) in [6.07, 6.45) is 7.67. The van der Waals surface area contributed by atoms with E-state index in [1.165, 1.54) is 19.2 Å². The molecule has 1 fully saturated rings. The van der Waals surface area contributed by atoms with E-state index < -0.39 is 0 Å². The number of hydrogen-bond acceptors (Lipinski definition) is 5. The van der Waals surface area contributed by atoms with Crippen LogP contribution in [0.2, 0.25) is 0 Å². The maximum Gasteiger partial charge on any atom is 0.182 e. The van der Waals surface area contributed by atoms with Crippen molar-refractivity contribution >= 4 is 17.0 Å². The number of rotatable bonds is 4. The summed E-state index contributed by atoms with van der Waals surface area (Å²) in [4.78, 5) is 15.4. The number of fused-ring (bicyclic) bond motifs is 1. The highest BCUT2D eigenvalue weighted by atomic mass is 16.3. The van der Waals surface area contributed by atoms with E-state index in [9.17, 15) is 5.11 Å². The van der Waals surface area contributed by atoms with E-state index >= 15 is 0 Å². The van der Waals surface area contributed by atoms with Gasteiger partial charge in [0.2, 0.25) is 0 Å². The van der Waals surface area contributed by atoms with Gasteiger partial charge in [-0.15, -0.1) is 0 Å². The van der Waals surface area contributed by atoms with Gasteiger partial charge >= 0.3 is 0 Å². The van der Waals surface area contributed by atoms with Crippen molar-refractivity contribution in [2.45, 2.75) is 25.7 Å². The zero-order chi connectivity index (χ0) is 12.4. The average Bonchev–Trinajstić information content (AvgIpc) is 3.06. The third-order valence-corrected chi connectivity index (χ3v) is 3.85. The maximum absolute atomic E-state index is 9.57. The summed E-state index contributed by atoms with van der Waals surface area (Å²) < 4.78 is 0. The van der Waals surface area contributed by atoms with Gasteiger partial charge in [-0.1, -0.05) is 12.8 Å². The molecule has 96 valence electrons. The second-order valence-corrected chi connectivity index (χ2v) is 5.04. The molecule has 18 heavy (non-hydrogen) atoms. The molecule has 1 aliphatic rings. The van der Waals surface area contributed by atoms with Crippen molar-refractivity contribution in [2.24, 2.45) is 5.41 Å². The van der Waals surface area contributed by atoms with Crippen molar-refractivity contribution in [1.29, 1.82) is 0 Å². The van der Waals surface area contributed by atoms with Gasteiger partial charge in [-0.25, -0.2) is 15.0 Å². The highest BCUT2D eigenvalue weighted by Gasteiger charge is 2.33. The van der Waals surface area contributed by atoms with Crippen LogP contribution in [0.1, 0.15) is 25.7 Å². The number of H-pyrrole nitrogens is 1. The molecule has 1 saturated carbocycles. The Kier molecular flexibility index (Phi) is 2.87. The molecular formula is C12H17N5O. The van der Waals surface area contributed by atoms with Gasteiger partial charge in [-0.3, -0.25) is 0 Å². The Labute approximate surface area is 105 Å². The summed E-state index contributed by atoms with van der Waals surface area (Å²) >= 11 is 0. The van der Waals surface area contributed by atoms with Crippen LogP contribution >= 0.6 is 0 Å². The molecule has 0 radical (unpaired) electrons. The van der Waals surface area contributed by atoms with Crippen LogP contribution in [0.25, 0.3) is 11.2 Å². The van der Waals surface area contributed by atoms with Crippen molar-refractivity contribution in [2.75, 3.05) is 18.5 Å². The number of hydrogen-bond donors (Lipinski definition) is 3. The molecule has 0 aliphatic heterocycles. The number of imidazole rings is 1. The largest absolute Gasteiger partial charge is 0.396 e. The van der Waals surface area contributed by atoms with Crippen molar-refractivity contribution in [3.63, 3.8) is 0 Å². The van der Waals surface area contributed by atoms with Gasteiger partial charge in [-0.2, -0.15) is 0 Å². The monoisotopic (exact) mass is 247 g/mol. The Morgan fingerprint density at radius 2 is 2.11 bits per heavy atom. The lowest BCUT2D eigenvalue weighted by Crippen LogP contribution is -2.30. The molecule has 1 aliphatic carbocycles. The number of anilines is 1. The minimum Gasteiger partial charge on any atom is -0.396 e. The summed E-state index contributed by atoms with van der Waals surface area (Å²) in [6, 6.07) is 0. The first kappa shape index (κ1) is 11.4. The molecule has 6 heteroatoms. The Balaban J connectivity index is 1.78. The first-order valence-electron chi connectivity index (χ1n) is 6.32. The fourth-order valence-corrected chi connectivity index (χ4v) is 2.69. The molecule has 3 rings (SSSR count). The summed E-state index contributed by atoms with van der Waals surface area (Å²) in [5.41, 5.74) is 1.50. The first-order chi connectivity index (χ1) is 8.83. The molecule has 2 heterocycles. The van der Waals surface area contributed by atoms with Crippen LogP contribution in [-0.2, 0) is 0 Å². The number of aromatic amines is 1. The topological polar surface area (TPSA) is 86.7 Å². The Morgan fingerprint density at radius 3 is 2.89 bits per heavy atom. The summed E-state index contributed by atoms with van der Waals surface area (Å²) in [6.45, 7) is 0.978. The fourth-order valence-electron chi connectivity index (χ4n) is 2.69. The van der Waals surface area contributed by atoms with Gasteiger partial charge in [0.15, 0.2) is 11.5 Å². The Morgan fingerprint density at radius 1 is 1.28 bits per heavy atom. The predicted molar refractivity (Wildman–Crippen MR) is 68.2 cm³/mol. The molecule has 0 atom stereocenters. The van der Waals surface area contributed by atoms with E-state index in [0.29, 0.717) is 5.65 Å². The lowest BCUT2D eigenvalue weighted by molar-refractivity contribution is 0.142. The number of aliphatic hydroxyl groups excluding tert-OH is 1. The minimum atomic E-state index is 0.0112. The van der Waals surface area contributed by atoms with E-state index in [4.69, 9.17) is 0 Å². The number of aromatic nitrogens is 4. The van der Waals surface area contributed by atoms with Gasteiger partial charge in [0.1, 0.15) is 11.8 Å². The second kappa shape index (κ2) is 4.53. The van der Waals surface area contributed by atoms with E-state index in [-0.39, 0.29) is 12.0 Å². The van der Waals surface area contributed by atoms with Crippen LogP contribution in [0.3, 0.4) is 0 Å². The molecular weight excluding hydrogens is 230 g/mol. The van der Waals surface area contributed by atoms with Crippen LogP contribution in [0.5, 0.6) is 0 Å². The van der Waals surface area contributed by atoms with E-state index in [1.54, 1.807) is 6.33 Å². The molecule has 0 amide bonds. The average molecular weight is 247 g/mol.